The number of rotatable bonds is 7. The Morgan fingerprint density at radius 3 is 2.58 bits per heavy atom. The van der Waals surface area contributed by atoms with E-state index in [2.05, 4.69) is 9.62 Å². The average Bonchev–Trinajstić information content (AvgIpc) is 2.67. The van der Waals surface area contributed by atoms with Crippen molar-refractivity contribution in [2.24, 2.45) is 0 Å². The molecule has 3 rings (SSSR count). The van der Waals surface area contributed by atoms with Crippen LogP contribution in [0.1, 0.15) is 24.8 Å². The SMILES string of the molecule is COc1cccc(CCS(=O)(=O)Nc2cccc(N3CCCCC3)c2)c1. The number of anilines is 2. The molecule has 1 aliphatic rings. The maximum atomic E-state index is 12.5. The van der Waals surface area contributed by atoms with Crippen LogP contribution in [0.4, 0.5) is 11.4 Å². The number of ether oxygens (including phenoxy) is 1. The summed E-state index contributed by atoms with van der Waals surface area (Å²) in [6.45, 7) is 2.07. The van der Waals surface area contributed by atoms with Gasteiger partial charge in [-0.25, -0.2) is 8.42 Å². The summed E-state index contributed by atoms with van der Waals surface area (Å²) in [5.74, 6) is 0.774. The highest BCUT2D eigenvalue weighted by Gasteiger charge is 2.14. The van der Waals surface area contributed by atoms with Crippen molar-refractivity contribution in [3.8, 4) is 5.75 Å². The Bertz CT molecular complexity index is 830. The van der Waals surface area contributed by atoms with E-state index < -0.39 is 10.0 Å². The van der Waals surface area contributed by atoms with Gasteiger partial charge < -0.3 is 9.64 Å². The predicted octanol–water partition coefficient (Wildman–Crippen LogP) is 3.67. The van der Waals surface area contributed by atoms with E-state index in [-0.39, 0.29) is 5.75 Å². The zero-order chi connectivity index (χ0) is 18.4. The zero-order valence-corrected chi connectivity index (χ0v) is 16.0. The minimum atomic E-state index is -3.41. The smallest absolute Gasteiger partial charge is 0.233 e. The van der Waals surface area contributed by atoms with Gasteiger partial charge in [-0.1, -0.05) is 18.2 Å². The van der Waals surface area contributed by atoms with Crippen molar-refractivity contribution in [2.75, 3.05) is 35.6 Å². The van der Waals surface area contributed by atoms with E-state index in [1.54, 1.807) is 13.2 Å². The van der Waals surface area contributed by atoms with Gasteiger partial charge in [-0.15, -0.1) is 0 Å². The maximum Gasteiger partial charge on any atom is 0.233 e. The van der Waals surface area contributed by atoms with Gasteiger partial charge in [-0.05, 0) is 61.6 Å². The largest absolute Gasteiger partial charge is 0.497 e. The second-order valence-corrected chi connectivity index (χ2v) is 8.46. The molecule has 5 nitrogen and oxygen atoms in total. The summed E-state index contributed by atoms with van der Waals surface area (Å²) in [6.07, 6.45) is 4.10. The predicted molar refractivity (Wildman–Crippen MR) is 107 cm³/mol. The highest BCUT2D eigenvalue weighted by Crippen LogP contribution is 2.23. The highest BCUT2D eigenvalue weighted by atomic mass is 32.2. The summed E-state index contributed by atoms with van der Waals surface area (Å²) in [5, 5.41) is 0. The molecule has 1 fully saturated rings. The van der Waals surface area contributed by atoms with Crippen LogP contribution in [0.3, 0.4) is 0 Å². The average molecular weight is 375 g/mol. The lowest BCUT2D eigenvalue weighted by atomic mass is 10.1. The summed E-state index contributed by atoms with van der Waals surface area (Å²) in [7, 11) is -1.81. The van der Waals surface area contributed by atoms with Crippen LogP contribution >= 0.6 is 0 Å². The zero-order valence-electron chi connectivity index (χ0n) is 15.1. The Kier molecular flexibility index (Phi) is 6.04. The number of nitrogens with zero attached hydrogens (tertiary/aromatic N) is 1. The molecule has 0 radical (unpaired) electrons. The lowest BCUT2D eigenvalue weighted by Crippen LogP contribution is -2.29. The van der Waals surface area contributed by atoms with Crippen LogP contribution in [0.5, 0.6) is 5.75 Å². The van der Waals surface area contributed by atoms with Gasteiger partial charge >= 0.3 is 0 Å². The van der Waals surface area contributed by atoms with Gasteiger partial charge in [0.25, 0.3) is 0 Å². The number of hydrogen-bond donors (Lipinski definition) is 1. The fourth-order valence-electron chi connectivity index (χ4n) is 3.23. The van der Waals surface area contributed by atoms with E-state index in [4.69, 9.17) is 4.74 Å². The minimum absolute atomic E-state index is 0.0358. The highest BCUT2D eigenvalue weighted by molar-refractivity contribution is 7.92. The first-order valence-corrected chi connectivity index (χ1v) is 10.7. The van der Waals surface area contributed by atoms with Gasteiger partial charge in [-0.2, -0.15) is 0 Å². The molecule has 1 N–H and O–H groups in total. The van der Waals surface area contributed by atoms with Crippen molar-refractivity contribution in [3.05, 3.63) is 54.1 Å². The fourth-order valence-corrected chi connectivity index (χ4v) is 4.32. The van der Waals surface area contributed by atoms with Gasteiger partial charge in [0, 0.05) is 18.8 Å². The van der Waals surface area contributed by atoms with Crippen LogP contribution in [0.15, 0.2) is 48.5 Å². The molecule has 0 bridgehead atoms. The Balaban J connectivity index is 1.63. The molecule has 2 aromatic carbocycles. The molecular formula is C20H26N2O3S. The molecule has 0 aromatic heterocycles. The van der Waals surface area contributed by atoms with E-state index >= 15 is 0 Å². The van der Waals surface area contributed by atoms with Crippen molar-refractivity contribution < 1.29 is 13.2 Å². The van der Waals surface area contributed by atoms with Crippen LogP contribution in [-0.4, -0.2) is 34.4 Å². The van der Waals surface area contributed by atoms with E-state index in [0.29, 0.717) is 12.1 Å². The van der Waals surface area contributed by atoms with E-state index in [1.807, 2.05) is 42.5 Å². The van der Waals surface area contributed by atoms with Gasteiger partial charge in [0.2, 0.25) is 10.0 Å². The van der Waals surface area contributed by atoms with Crippen molar-refractivity contribution in [3.63, 3.8) is 0 Å². The molecule has 1 saturated heterocycles. The molecule has 0 aliphatic carbocycles. The fraction of sp³-hybridized carbons (Fsp3) is 0.400. The third kappa shape index (κ3) is 5.14. The number of methoxy groups -OCH3 is 1. The Hall–Kier alpha value is -2.21. The van der Waals surface area contributed by atoms with Gasteiger partial charge in [0.1, 0.15) is 5.75 Å². The molecule has 6 heteroatoms. The van der Waals surface area contributed by atoms with Gasteiger partial charge in [0.05, 0.1) is 18.6 Å². The topological polar surface area (TPSA) is 58.6 Å². The summed E-state index contributed by atoms with van der Waals surface area (Å²) in [5.41, 5.74) is 2.65. The van der Waals surface area contributed by atoms with Crippen molar-refractivity contribution in [1.29, 1.82) is 0 Å². The van der Waals surface area contributed by atoms with Crippen LogP contribution in [0, 0.1) is 0 Å². The molecule has 0 amide bonds. The van der Waals surface area contributed by atoms with Crippen molar-refractivity contribution >= 4 is 21.4 Å². The van der Waals surface area contributed by atoms with E-state index in [1.165, 1.54) is 19.3 Å². The van der Waals surface area contributed by atoms with Crippen LogP contribution in [0.25, 0.3) is 0 Å². The Labute approximate surface area is 156 Å². The van der Waals surface area contributed by atoms with Crippen molar-refractivity contribution in [1.82, 2.24) is 0 Å². The van der Waals surface area contributed by atoms with Crippen molar-refractivity contribution in [2.45, 2.75) is 25.7 Å². The summed E-state index contributed by atoms with van der Waals surface area (Å²) >= 11 is 0. The molecule has 2 aromatic rings. The molecule has 1 aliphatic heterocycles. The Morgan fingerprint density at radius 2 is 1.81 bits per heavy atom. The summed E-state index contributed by atoms with van der Waals surface area (Å²) < 4.78 is 32.8. The van der Waals surface area contributed by atoms with Gasteiger partial charge in [0.15, 0.2) is 0 Å². The number of aryl methyl sites for hydroxylation is 1. The van der Waals surface area contributed by atoms with E-state index in [0.717, 1.165) is 30.1 Å². The number of nitrogens with one attached hydrogen (secondary N) is 1. The molecule has 0 spiro atoms. The quantitative estimate of drug-likeness (QED) is 0.803. The van der Waals surface area contributed by atoms with Gasteiger partial charge in [-0.3, -0.25) is 4.72 Å². The van der Waals surface area contributed by atoms with E-state index in [9.17, 15) is 8.42 Å². The standard InChI is InChI=1S/C20H26N2O3S/c1-25-20-10-5-7-17(15-20)11-14-26(23,24)21-18-8-6-9-19(16-18)22-12-3-2-4-13-22/h5-10,15-16,21H,2-4,11-14H2,1H3. The molecule has 0 atom stereocenters. The summed E-state index contributed by atoms with van der Waals surface area (Å²) in [4.78, 5) is 2.32. The number of hydrogen-bond acceptors (Lipinski definition) is 4. The number of benzene rings is 2. The number of piperidine rings is 1. The summed E-state index contributed by atoms with van der Waals surface area (Å²) in [6, 6.07) is 15.2. The second-order valence-electron chi connectivity index (χ2n) is 6.62. The number of sulfonamides is 1. The first-order valence-electron chi connectivity index (χ1n) is 9.04. The van der Waals surface area contributed by atoms with Crippen LogP contribution in [-0.2, 0) is 16.4 Å². The normalized spacial score (nSPS) is 14.9. The maximum absolute atomic E-state index is 12.5. The minimum Gasteiger partial charge on any atom is -0.497 e. The van der Waals surface area contributed by atoms with Crippen LogP contribution in [0.2, 0.25) is 0 Å². The molecule has 26 heavy (non-hydrogen) atoms. The molecule has 1 heterocycles. The Morgan fingerprint density at radius 1 is 1.04 bits per heavy atom. The molecule has 0 saturated carbocycles. The molecular weight excluding hydrogens is 348 g/mol. The van der Waals surface area contributed by atoms with Crippen LogP contribution < -0.4 is 14.4 Å². The monoisotopic (exact) mass is 374 g/mol. The third-order valence-electron chi connectivity index (χ3n) is 4.63. The third-order valence-corrected chi connectivity index (χ3v) is 5.92. The first kappa shape index (κ1) is 18.6. The lowest BCUT2D eigenvalue weighted by Gasteiger charge is -2.29. The molecule has 140 valence electrons. The first-order chi connectivity index (χ1) is 12.6. The lowest BCUT2D eigenvalue weighted by molar-refractivity contribution is 0.414. The molecule has 0 unspecified atom stereocenters. The second kappa shape index (κ2) is 8.45.